The van der Waals surface area contributed by atoms with Gasteiger partial charge in [0.2, 0.25) is 0 Å². The summed E-state index contributed by atoms with van der Waals surface area (Å²) in [6.45, 7) is 7.24. The van der Waals surface area contributed by atoms with E-state index >= 15 is 0 Å². The maximum Gasteiger partial charge on any atom is -0.0386 e. The van der Waals surface area contributed by atoms with Gasteiger partial charge >= 0.3 is 0 Å². The monoisotopic (exact) mass is 196 g/mol. The molecule has 1 aliphatic rings. The van der Waals surface area contributed by atoms with Crippen molar-refractivity contribution in [3.63, 3.8) is 0 Å². The largest absolute Gasteiger partial charge is 0.0654 e. The number of rotatable bonds is 4. The second-order valence-corrected chi connectivity index (χ2v) is 5.50. The molecule has 0 amide bonds. The Labute approximate surface area is 90.5 Å². The van der Waals surface area contributed by atoms with E-state index in [0.717, 1.165) is 17.8 Å². The fraction of sp³-hybridized carbons (Fsp3) is 1.00. The molecule has 0 N–H and O–H groups in total. The smallest absolute Gasteiger partial charge is 0.0386 e. The molecule has 0 aromatic rings. The summed E-state index contributed by atoms with van der Waals surface area (Å²) >= 11 is 0. The van der Waals surface area contributed by atoms with Crippen LogP contribution in [0.5, 0.6) is 0 Å². The van der Waals surface area contributed by atoms with Crippen LogP contribution in [-0.2, 0) is 0 Å². The first kappa shape index (κ1) is 12.1. The van der Waals surface area contributed by atoms with Gasteiger partial charge in [0, 0.05) is 0 Å². The van der Waals surface area contributed by atoms with Gasteiger partial charge < -0.3 is 0 Å². The van der Waals surface area contributed by atoms with Gasteiger partial charge in [0.15, 0.2) is 0 Å². The zero-order valence-electron chi connectivity index (χ0n) is 10.4. The predicted octanol–water partition coefficient (Wildman–Crippen LogP) is 5.03. The van der Waals surface area contributed by atoms with E-state index in [2.05, 4.69) is 20.8 Å². The van der Waals surface area contributed by atoms with Crippen molar-refractivity contribution < 1.29 is 0 Å². The highest BCUT2D eigenvalue weighted by molar-refractivity contribution is 4.72. The van der Waals surface area contributed by atoms with E-state index in [1.807, 2.05) is 0 Å². The standard InChI is InChI=1S/C14H28/c1-4-8-12(2)11-14-10-7-5-6-9-13(14)3/h12-14H,4-11H2,1-3H3. The molecule has 0 aromatic carbocycles. The van der Waals surface area contributed by atoms with Gasteiger partial charge in [-0.3, -0.25) is 0 Å². The first-order valence-corrected chi connectivity index (χ1v) is 6.74. The normalized spacial score (nSPS) is 31.1. The highest BCUT2D eigenvalue weighted by Gasteiger charge is 2.21. The topological polar surface area (TPSA) is 0 Å². The van der Waals surface area contributed by atoms with Crippen LogP contribution in [0, 0.1) is 17.8 Å². The van der Waals surface area contributed by atoms with E-state index in [1.54, 1.807) is 0 Å². The quantitative estimate of drug-likeness (QED) is 0.553. The highest BCUT2D eigenvalue weighted by atomic mass is 14.3. The van der Waals surface area contributed by atoms with Crippen LogP contribution in [-0.4, -0.2) is 0 Å². The maximum absolute atomic E-state index is 2.48. The summed E-state index contributed by atoms with van der Waals surface area (Å²) in [7, 11) is 0. The molecule has 0 saturated heterocycles. The lowest BCUT2D eigenvalue weighted by molar-refractivity contribution is 0.268. The molecule has 0 aliphatic heterocycles. The predicted molar refractivity (Wildman–Crippen MR) is 64.4 cm³/mol. The van der Waals surface area contributed by atoms with Gasteiger partial charge in [0.05, 0.1) is 0 Å². The van der Waals surface area contributed by atoms with Crippen LogP contribution in [0.3, 0.4) is 0 Å². The minimum atomic E-state index is 0.963. The summed E-state index contributed by atoms with van der Waals surface area (Å²) in [6, 6.07) is 0. The Kier molecular flexibility index (Phi) is 5.59. The van der Waals surface area contributed by atoms with Crippen molar-refractivity contribution in [3.05, 3.63) is 0 Å². The van der Waals surface area contributed by atoms with Crippen molar-refractivity contribution in [2.45, 2.75) is 72.1 Å². The van der Waals surface area contributed by atoms with Crippen molar-refractivity contribution in [3.8, 4) is 0 Å². The maximum atomic E-state index is 2.48. The molecule has 0 bridgehead atoms. The molecule has 0 radical (unpaired) electrons. The van der Waals surface area contributed by atoms with Gasteiger partial charge in [0.25, 0.3) is 0 Å². The molecule has 1 rings (SSSR count). The molecule has 84 valence electrons. The summed E-state index contributed by atoms with van der Waals surface area (Å²) in [5.41, 5.74) is 0. The molecule has 14 heavy (non-hydrogen) atoms. The van der Waals surface area contributed by atoms with Gasteiger partial charge in [-0.2, -0.15) is 0 Å². The molecule has 3 atom stereocenters. The third-order valence-corrected chi connectivity index (χ3v) is 4.03. The van der Waals surface area contributed by atoms with E-state index in [1.165, 1.54) is 51.4 Å². The molecule has 0 heterocycles. The van der Waals surface area contributed by atoms with Crippen LogP contribution in [0.1, 0.15) is 72.1 Å². The van der Waals surface area contributed by atoms with Crippen LogP contribution in [0.25, 0.3) is 0 Å². The van der Waals surface area contributed by atoms with Crippen molar-refractivity contribution >= 4 is 0 Å². The third kappa shape index (κ3) is 4.02. The zero-order chi connectivity index (χ0) is 10.4. The van der Waals surface area contributed by atoms with E-state index in [9.17, 15) is 0 Å². The Bertz CT molecular complexity index is 139. The molecular formula is C14H28. The number of hydrogen-bond donors (Lipinski definition) is 0. The van der Waals surface area contributed by atoms with Gasteiger partial charge in [-0.25, -0.2) is 0 Å². The van der Waals surface area contributed by atoms with Crippen molar-refractivity contribution in [1.82, 2.24) is 0 Å². The lowest BCUT2D eigenvalue weighted by Crippen LogP contribution is -2.13. The Morgan fingerprint density at radius 1 is 1.14 bits per heavy atom. The van der Waals surface area contributed by atoms with Gasteiger partial charge in [-0.1, -0.05) is 65.7 Å². The second kappa shape index (κ2) is 6.48. The summed E-state index contributed by atoms with van der Waals surface area (Å²) in [5, 5.41) is 0. The van der Waals surface area contributed by atoms with Gasteiger partial charge in [-0.15, -0.1) is 0 Å². The molecule has 1 saturated carbocycles. The van der Waals surface area contributed by atoms with Crippen molar-refractivity contribution in [1.29, 1.82) is 0 Å². The molecule has 0 spiro atoms. The van der Waals surface area contributed by atoms with Crippen LogP contribution in [0.2, 0.25) is 0 Å². The lowest BCUT2D eigenvalue weighted by atomic mass is 9.82. The number of hydrogen-bond acceptors (Lipinski definition) is 0. The molecule has 3 unspecified atom stereocenters. The third-order valence-electron chi connectivity index (χ3n) is 4.03. The second-order valence-electron chi connectivity index (χ2n) is 5.50. The van der Waals surface area contributed by atoms with Crippen molar-refractivity contribution in [2.75, 3.05) is 0 Å². The molecule has 0 nitrogen and oxygen atoms in total. The fourth-order valence-corrected chi connectivity index (χ4v) is 3.05. The SMILES string of the molecule is CCCC(C)CC1CCCCCC1C. The Hall–Kier alpha value is 0. The molecular weight excluding hydrogens is 168 g/mol. The van der Waals surface area contributed by atoms with Crippen LogP contribution < -0.4 is 0 Å². The van der Waals surface area contributed by atoms with Crippen LogP contribution in [0.4, 0.5) is 0 Å². The zero-order valence-corrected chi connectivity index (χ0v) is 10.4. The molecule has 0 heteroatoms. The summed E-state index contributed by atoms with van der Waals surface area (Å²) < 4.78 is 0. The van der Waals surface area contributed by atoms with Gasteiger partial charge in [0.1, 0.15) is 0 Å². The molecule has 1 aliphatic carbocycles. The van der Waals surface area contributed by atoms with Crippen LogP contribution >= 0.6 is 0 Å². The summed E-state index contributed by atoms with van der Waals surface area (Å²) in [5.74, 6) is 3.00. The van der Waals surface area contributed by atoms with Crippen LogP contribution in [0.15, 0.2) is 0 Å². The average molecular weight is 196 g/mol. The van der Waals surface area contributed by atoms with Gasteiger partial charge in [-0.05, 0) is 24.2 Å². The van der Waals surface area contributed by atoms with E-state index in [-0.39, 0.29) is 0 Å². The first-order chi connectivity index (χ1) is 6.74. The van der Waals surface area contributed by atoms with E-state index in [0.29, 0.717) is 0 Å². The fourth-order valence-electron chi connectivity index (χ4n) is 3.05. The summed E-state index contributed by atoms with van der Waals surface area (Å²) in [4.78, 5) is 0. The Balaban J connectivity index is 2.32. The first-order valence-electron chi connectivity index (χ1n) is 6.74. The van der Waals surface area contributed by atoms with E-state index in [4.69, 9.17) is 0 Å². The molecule has 0 aromatic heterocycles. The summed E-state index contributed by atoms with van der Waals surface area (Å²) in [6.07, 6.45) is 11.8. The Morgan fingerprint density at radius 2 is 1.86 bits per heavy atom. The highest BCUT2D eigenvalue weighted by Crippen LogP contribution is 2.33. The Morgan fingerprint density at radius 3 is 2.57 bits per heavy atom. The van der Waals surface area contributed by atoms with E-state index < -0.39 is 0 Å². The van der Waals surface area contributed by atoms with Crippen molar-refractivity contribution in [2.24, 2.45) is 17.8 Å². The molecule has 1 fully saturated rings. The lowest BCUT2D eigenvalue weighted by Gasteiger charge is -2.24. The average Bonchev–Trinajstić information content (AvgIpc) is 2.33. The minimum absolute atomic E-state index is 0.963. The minimum Gasteiger partial charge on any atom is -0.0654 e.